The van der Waals surface area contributed by atoms with Crippen LogP contribution in [0.1, 0.15) is 45.6 Å². The number of hydrogen-bond acceptors (Lipinski definition) is 2. The van der Waals surface area contributed by atoms with Gasteiger partial charge in [-0.3, -0.25) is 4.90 Å². The first kappa shape index (κ1) is 21.3. The average molecular weight is 361 g/mol. The van der Waals surface area contributed by atoms with Gasteiger partial charge in [-0.15, -0.1) is 0 Å². The topological polar surface area (TPSA) is 15.3 Å². The molecule has 2 atom stereocenters. The Labute approximate surface area is 150 Å². The van der Waals surface area contributed by atoms with Crippen LogP contribution < -0.4 is 5.32 Å². The molecule has 138 valence electrons. The van der Waals surface area contributed by atoms with E-state index in [1.165, 1.54) is 0 Å². The molecule has 1 heterocycles. The quantitative estimate of drug-likeness (QED) is 0.735. The van der Waals surface area contributed by atoms with Crippen molar-refractivity contribution in [1.29, 1.82) is 0 Å². The zero-order chi connectivity index (χ0) is 18.2. The van der Waals surface area contributed by atoms with E-state index in [-0.39, 0.29) is 25.0 Å². The summed E-state index contributed by atoms with van der Waals surface area (Å²) in [6, 6.07) is 7.63. The molecular weight excluding hydrogens is 330 g/mol. The van der Waals surface area contributed by atoms with Gasteiger partial charge in [-0.25, -0.2) is 8.78 Å². The Morgan fingerprint density at radius 2 is 1.92 bits per heavy atom. The van der Waals surface area contributed by atoms with E-state index in [4.69, 9.17) is 11.6 Å². The lowest BCUT2D eigenvalue weighted by molar-refractivity contribution is 0.00696. The van der Waals surface area contributed by atoms with Crippen LogP contribution in [-0.4, -0.2) is 43.0 Å². The highest BCUT2D eigenvalue weighted by Gasteiger charge is 2.46. The summed E-state index contributed by atoms with van der Waals surface area (Å²) in [7, 11) is 1.90. The lowest BCUT2D eigenvalue weighted by Crippen LogP contribution is -2.42. The summed E-state index contributed by atoms with van der Waals surface area (Å²) in [5.41, 5.74) is 1.07. The van der Waals surface area contributed by atoms with E-state index in [0.29, 0.717) is 11.4 Å². The van der Waals surface area contributed by atoms with Gasteiger partial charge in [-0.1, -0.05) is 44.5 Å². The van der Waals surface area contributed by atoms with Gasteiger partial charge in [-0.05, 0) is 50.6 Å². The van der Waals surface area contributed by atoms with Crippen LogP contribution >= 0.6 is 11.6 Å². The van der Waals surface area contributed by atoms with E-state index < -0.39 is 5.92 Å². The first-order valence-electron chi connectivity index (χ1n) is 8.98. The van der Waals surface area contributed by atoms with Crippen molar-refractivity contribution < 1.29 is 8.78 Å². The van der Waals surface area contributed by atoms with Crippen molar-refractivity contribution in [3.63, 3.8) is 0 Å². The summed E-state index contributed by atoms with van der Waals surface area (Å²) in [5, 5.41) is 3.80. The molecule has 2 rings (SSSR count). The molecule has 0 aliphatic carbocycles. The van der Waals surface area contributed by atoms with E-state index in [1.54, 1.807) is 0 Å². The zero-order valence-electron chi connectivity index (χ0n) is 15.3. The largest absolute Gasteiger partial charge is 0.320 e. The highest BCUT2D eigenvalue weighted by molar-refractivity contribution is 6.30. The van der Waals surface area contributed by atoms with Crippen LogP contribution in [0, 0.1) is 0 Å². The second-order valence-electron chi connectivity index (χ2n) is 6.17. The van der Waals surface area contributed by atoms with Crippen molar-refractivity contribution >= 4 is 11.6 Å². The fourth-order valence-electron chi connectivity index (χ4n) is 3.35. The van der Waals surface area contributed by atoms with E-state index >= 15 is 0 Å². The van der Waals surface area contributed by atoms with Crippen LogP contribution in [0.5, 0.6) is 0 Å². The molecule has 0 radical (unpaired) electrons. The van der Waals surface area contributed by atoms with Crippen molar-refractivity contribution in [2.45, 2.75) is 64.5 Å². The van der Waals surface area contributed by atoms with E-state index in [0.717, 1.165) is 24.9 Å². The van der Waals surface area contributed by atoms with Gasteiger partial charge in [0, 0.05) is 23.5 Å². The Kier molecular flexibility index (Phi) is 9.17. The molecule has 1 aromatic carbocycles. The molecule has 24 heavy (non-hydrogen) atoms. The monoisotopic (exact) mass is 360 g/mol. The Morgan fingerprint density at radius 3 is 2.46 bits per heavy atom. The summed E-state index contributed by atoms with van der Waals surface area (Å²) in [6.45, 7) is 6.82. The van der Waals surface area contributed by atoms with E-state index in [9.17, 15) is 8.78 Å². The van der Waals surface area contributed by atoms with Crippen LogP contribution in [0.25, 0.3) is 0 Å². The minimum Gasteiger partial charge on any atom is -0.320 e. The molecule has 1 aliphatic rings. The molecule has 1 fully saturated rings. The fourth-order valence-corrected chi connectivity index (χ4v) is 3.47. The molecule has 5 heteroatoms. The average Bonchev–Trinajstić information content (AvgIpc) is 2.87. The molecule has 0 aromatic heterocycles. The molecule has 1 saturated heterocycles. The van der Waals surface area contributed by atoms with Crippen LogP contribution in [0.3, 0.4) is 0 Å². The van der Waals surface area contributed by atoms with Crippen LogP contribution in [0.2, 0.25) is 5.02 Å². The maximum absolute atomic E-state index is 14.0. The Balaban J connectivity index is 0.00000139. The minimum absolute atomic E-state index is 0.0499. The molecular formula is C19H31ClF2N2. The van der Waals surface area contributed by atoms with Gasteiger partial charge >= 0.3 is 0 Å². The van der Waals surface area contributed by atoms with E-state index in [1.807, 2.05) is 50.1 Å². The number of likely N-dealkylation sites (tertiary alicyclic amines) is 1. The predicted octanol–water partition coefficient (Wildman–Crippen LogP) is 5.01. The molecule has 1 N–H and O–H groups in total. The van der Waals surface area contributed by atoms with Gasteiger partial charge in [0.1, 0.15) is 0 Å². The number of hydrogen-bond donors (Lipinski definition) is 1. The van der Waals surface area contributed by atoms with Crippen LogP contribution in [0.4, 0.5) is 8.78 Å². The molecule has 2 unspecified atom stereocenters. The summed E-state index contributed by atoms with van der Waals surface area (Å²) in [6.07, 6.45) is 2.41. The second-order valence-corrected chi connectivity index (χ2v) is 6.61. The molecule has 0 bridgehead atoms. The SMILES string of the molecule is CC.CCC(CCNC)N1CC(F)(F)CC1Cc1ccc(Cl)cc1. The molecule has 0 amide bonds. The predicted molar refractivity (Wildman–Crippen MR) is 99.2 cm³/mol. The third-order valence-electron chi connectivity index (χ3n) is 4.47. The first-order chi connectivity index (χ1) is 11.4. The molecule has 2 nitrogen and oxygen atoms in total. The Bertz CT molecular complexity index is 465. The van der Waals surface area contributed by atoms with Crippen molar-refractivity contribution in [1.82, 2.24) is 10.2 Å². The lowest BCUT2D eigenvalue weighted by Gasteiger charge is -2.32. The smallest absolute Gasteiger partial charge is 0.262 e. The Hall–Kier alpha value is -0.710. The zero-order valence-corrected chi connectivity index (χ0v) is 16.0. The summed E-state index contributed by atoms with van der Waals surface area (Å²) in [5.74, 6) is -2.58. The van der Waals surface area contributed by atoms with Crippen molar-refractivity contribution in [2.75, 3.05) is 20.1 Å². The van der Waals surface area contributed by atoms with Crippen molar-refractivity contribution in [3.8, 4) is 0 Å². The molecule has 0 spiro atoms. The number of nitrogens with one attached hydrogen (secondary N) is 1. The maximum Gasteiger partial charge on any atom is 0.262 e. The van der Waals surface area contributed by atoms with Gasteiger partial charge in [-0.2, -0.15) is 0 Å². The highest BCUT2D eigenvalue weighted by Crippen LogP contribution is 2.36. The maximum atomic E-state index is 14.0. The third kappa shape index (κ3) is 6.30. The number of benzene rings is 1. The molecule has 0 saturated carbocycles. The number of halogens is 3. The summed E-state index contributed by atoms with van der Waals surface area (Å²) >= 11 is 5.90. The summed E-state index contributed by atoms with van der Waals surface area (Å²) in [4.78, 5) is 2.02. The van der Waals surface area contributed by atoms with Gasteiger partial charge in [0.15, 0.2) is 0 Å². The number of nitrogens with zero attached hydrogens (tertiary/aromatic N) is 1. The number of alkyl halides is 2. The van der Waals surface area contributed by atoms with Gasteiger partial charge in [0.2, 0.25) is 0 Å². The van der Waals surface area contributed by atoms with Gasteiger partial charge < -0.3 is 5.32 Å². The van der Waals surface area contributed by atoms with Gasteiger partial charge in [0.25, 0.3) is 5.92 Å². The molecule has 1 aromatic rings. The van der Waals surface area contributed by atoms with Crippen LogP contribution in [-0.2, 0) is 6.42 Å². The summed E-state index contributed by atoms with van der Waals surface area (Å²) < 4.78 is 27.9. The standard InChI is InChI=1S/C17H25ClF2N2.C2H6/c1-3-15(8-9-21-2)22-12-17(19,20)11-16(22)10-13-4-6-14(18)7-5-13;1-2/h4-7,15-16,21H,3,8-12H2,1-2H3;1-2H3. The van der Waals surface area contributed by atoms with Crippen LogP contribution in [0.15, 0.2) is 24.3 Å². The highest BCUT2D eigenvalue weighted by atomic mass is 35.5. The lowest BCUT2D eigenvalue weighted by atomic mass is 10.0. The minimum atomic E-state index is -2.58. The fraction of sp³-hybridized carbons (Fsp3) is 0.684. The number of rotatable bonds is 7. The Morgan fingerprint density at radius 1 is 1.29 bits per heavy atom. The first-order valence-corrected chi connectivity index (χ1v) is 9.35. The normalized spacial score (nSPS) is 21.2. The van der Waals surface area contributed by atoms with Crippen molar-refractivity contribution in [2.24, 2.45) is 0 Å². The van der Waals surface area contributed by atoms with E-state index in [2.05, 4.69) is 12.2 Å². The van der Waals surface area contributed by atoms with Gasteiger partial charge in [0.05, 0.1) is 6.54 Å². The molecule has 1 aliphatic heterocycles. The second kappa shape index (κ2) is 10.3. The third-order valence-corrected chi connectivity index (χ3v) is 4.72. The van der Waals surface area contributed by atoms with Crippen molar-refractivity contribution in [3.05, 3.63) is 34.9 Å².